The molecule has 6 nitrogen and oxygen atoms in total. The summed E-state index contributed by atoms with van der Waals surface area (Å²) in [5, 5.41) is 7.10. The lowest BCUT2D eigenvalue weighted by Gasteiger charge is -2.32. The molecule has 0 aliphatic carbocycles. The Morgan fingerprint density at radius 1 is 1.50 bits per heavy atom. The van der Waals surface area contributed by atoms with Crippen LogP contribution in [0.2, 0.25) is 0 Å². The normalized spacial score (nSPS) is 19.5. The molecule has 1 fully saturated rings. The predicted octanol–water partition coefficient (Wildman–Crippen LogP) is 2.01. The van der Waals surface area contributed by atoms with Crippen molar-refractivity contribution in [2.75, 3.05) is 19.6 Å². The van der Waals surface area contributed by atoms with Crippen molar-refractivity contribution < 1.29 is 9.32 Å². The Labute approximate surface area is 132 Å². The molecule has 1 saturated heterocycles. The first-order valence-corrected chi connectivity index (χ1v) is 8.40. The molecule has 6 heteroatoms. The summed E-state index contributed by atoms with van der Waals surface area (Å²) in [4.78, 5) is 18.4. The van der Waals surface area contributed by atoms with Crippen LogP contribution in [0, 0.1) is 11.8 Å². The lowest BCUT2D eigenvalue weighted by molar-refractivity contribution is -0.124. The molecule has 0 bridgehead atoms. The number of hydrogen-bond acceptors (Lipinski definition) is 5. The third-order valence-corrected chi connectivity index (χ3v) is 4.03. The average molecular weight is 308 g/mol. The van der Waals surface area contributed by atoms with Crippen LogP contribution in [0.15, 0.2) is 4.52 Å². The van der Waals surface area contributed by atoms with E-state index >= 15 is 0 Å². The van der Waals surface area contributed by atoms with Gasteiger partial charge in [0, 0.05) is 25.4 Å². The molecule has 124 valence electrons. The molecule has 2 rings (SSSR count). The van der Waals surface area contributed by atoms with Crippen LogP contribution in [0.5, 0.6) is 0 Å². The number of carbonyl (C=O) groups is 1. The van der Waals surface area contributed by atoms with Gasteiger partial charge in [-0.05, 0) is 31.7 Å². The van der Waals surface area contributed by atoms with Gasteiger partial charge in [-0.25, -0.2) is 0 Å². The second-order valence-electron chi connectivity index (χ2n) is 6.50. The number of hydrogen-bond donors (Lipinski definition) is 1. The number of aromatic nitrogens is 2. The Bertz CT molecular complexity index is 472. The minimum Gasteiger partial charge on any atom is -0.356 e. The number of nitrogens with zero attached hydrogens (tertiary/aromatic N) is 3. The number of nitrogens with one attached hydrogen (secondary N) is 1. The third kappa shape index (κ3) is 5.09. The Morgan fingerprint density at radius 2 is 2.32 bits per heavy atom. The zero-order valence-electron chi connectivity index (χ0n) is 14.0. The van der Waals surface area contributed by atoms with E-state index < -0.39 is 0 Å². The molecule has 1 aliphatic rings. The molecular formula is C16H28N4O2. The van der Waals surface area contributed by atoms with Crippen LogP contribution in [0.25, 0.3) is 0 Å². The first-order chi connectivity index (χ1) is 10.6. The Balaban J connectivity index is 1.78. The van der Waals surface area contributed by atoms with Crippen molar-refractivity contribution in [2.24, 2.45) is 11.8 Å². The summed E-state index contributed by atoms with van der Waals surface area (Å²) in [6, 6.07) is 0. The highest BCUT2D eigenvalue weighted by molar-refractivity contribution is 5.77. The largest absolute Gasteiger partial charge is 0.356 e. The van der Waals surface area contributed by atoms with Gasteiger partial charge in [0.25, 0.3) is 0 Å². The van der Waals surface area contributed by atoms with Gasteiger partial charge in [0.15, 0.2) is 5.82 Å². The molecule has 1 atom stereocenters. The molecule has 2 heterocycles. The van der Waals surface area contributed by atoms with Crippen LogP contribution in [-0.2, 0) is 17.8 Å². The Morgan fingerprint density at radius 3 is 3.05 bits per heavy atom. The fraction of sp³-hybridized carbons (Fsp3) is 0.812. The van der Waals surface area contributed by atoms with Crippen LogP contribution < -0.4 is 5.32 Å². The maximum atomic E-state index is 11.7. The molecule has 0 saturated carbocycles. The standard InChI is InChI=1S/C16H28N4O2/c1-4-6-15-18-14(19-22-15)11-20-8-5-7-13(10-20)9-17-16(21)12(2)3/h12-13H,4-11H2,1-3H3,(H,17,21)/t13-/m1/s1. The molecule has 0 aromatic carbocycles. The summed E-state index contributed by atoms with van der Waals surface area (Å²) < 4.78 is 5.23. The maximum Gasteiger partial charge on any atom is 0.226 e. The van der Waals surface area contributed by atoms with Crippen molar-refractivity contribution in [3.63, 3.8) is 0 Å². The van der Waals surface area contributed by atoms with Gasteiger partial charge in [-0.3, -0.25) is 9.69 Å². The third-order valence-electron chi connectivity index (χ3n) is 4.03. The molecule has 1 aromatic heterocycles. The Hall–Kier alpha value is -1.43. The van der Waals surface area contributed by atoms with Crippen LogP contribution in [-0.4, -0.2) is 40.6 Å². The molecular weight excluding hydrogens is 280 g/mol. The van der Waals surface area contributed by atoms with E-state index in [9.17, 15) is 4.79 Å². The first kappa shape index (κ1) is 16.9. The summed E-state index contributed by atoms with van der Waals surface area (Å²) in [6.07, 6.45) is 4.18. The van der Waals surface area contributed by atoms with Crippen LogP contribution >= 0.6 is 0 Å². The molecule has 1 amide bonds. The highest BCUT2D eigenvalue weighted by atomic mass is 16.5. The highest BCUT2D eigenvalue weighted by Crippen LogP contribution is 2.17. The molecule has 1 aliphatic heterocycles. The molecule has 0 radical (unpaired) electrons. The van der Waals surface area contributed by atoms with Crippen molar-refractivity contribution >= 4 is 5.91 Å². The second-order valence-corrected chi connectivity index (χ2v) is 6.50. The zero-order valence-corrected chi connectivity index (χ0v) is 14.0. The van der Waals surface area contributed by atoms with Gasteiger partial charge in [-0.15, -0.1) is 0 Å². The summed E-state index contributed by atoms with van der Waals surface area (Å²) in [6.45, 7) is 9.49. The molecule has 0 spiro atoms. The van der Waals surface area contributed by atoms with E-state index in [1.54, 1.807) is 0 Å². The van der Waals surface area contributed by atoms with Crippen LogP contribution in [0.3, 0.4) is 0 Å². The van der Waals surface area contributed by atoms with Gasteiger partial charge in [0.2, 0.25) is 11.8 Å². The van der Waals surface area contributed by atoms with Gasteiger partial charge >= 0.3 is 0 Å². The number of piperidine rings is 1. The number of rotatable bonds is 7. The predicted molar refractivity (Wildman–Crippen MR) is 84.1 cm³/mol. The van der Waals surface area contributed by atoms with E-state index in [1.807, 2.05) is 13.8 Å². The topological polar surface area (TPSA) is 71.3 Å². The average Bonchev–Trinajstić information content (AvgIpc) is 2.92. The number of likely N-dealkylation sites (tertiary alicyclic amines) is 1. The summed E-state index contributed by atoms with van der Waals surface area (Å²) >= 11 is 0. The monoisotopic (exact) mass is 308 g/mol. The molecule has 22 heavy (non-hydrogen) atoms. The lowest BCUT2D eigenvalue weighted by Crippen LogP contribution is -2.41. The fourth-order valence-corrected chi connectivity index (χ4v) is 2.78. The SMILES string of the molecule is CCCc1nc(CN2CCC[C@H](CNC(=O)C(C)C)C2)no1. The van der Waals surface area contributed by atoms with Gasteiger partial charge in [-0.1, -0.05) is 25.9 Å². The van der Waals surface area contributed by atoms with Crippen LogP contribution in [0.1, 0.15) is 51.7 Å². The minimum atomic E-state index is 0.0519. The van der Waals surface area contributed by atoms with E-state index in [4.69, 9.17) is 4.52 Å². The van der Waals surface area contributed by atoms with E-state index in [0.717, 1.165) is 57.2 Å². The molecule has 0 unspecified atom stereocenters. The lowest BCUT2D eigenvalue weighted by atomic mass is 9.97. The number of aryl methyl sites for hydroxylation is 1. The molecule has 1 N–H and O–H groups in total. The first-order valence-electron chi connectivity index (χ1n) is 8.40. The highest BCUT2D eigenvalue weighted by Gasteiger charge is 2.22. The van der Waals surface area contributed by atoms with Crippen molar-refractivity contribution in [3.05, 3.63) is 11.7 Å². The quantitative estimate of drug-likeness (QED) is 0.834. The zero-order chi connectivity index (χ0) is 15.9. The van der Waals surface area contributed by atoms with E-state index in [0.29, 0.717) is 5.92 Å². The Kier molecular flexibility index (Phi) is 6.36. The van der Waals surface area contributed by atoms with Crippen molar-refractivity contribution in [1.82, 2.24) is 20.4 Å². The second kappa shape index (κ2) is 8.27. The number of carbonyl (C=O) groups excluding carboxylic acids is 1. The van der Waals surface area contributed by atoms with Crippen molar-refractivity contribution in [2.45, 2.75) is 53.0 Å². The summed E-state index contributed by atoms with van der Waals surface area (Å²) in [5.74, 6) is 2.21. The van der Waals surface area contributed by atoms with Crippen molar-refractivity contribution in [3.8, 4) is 0 Å². The summed E-state index contributed by atoms with van der Waals surface area (Å²) in [5.41, 5.74) is 0. The number of amides is 1. The van der Waals surface area contributed by atoms with Gasteiger partial charge in [-0.2, -0.15) is 4.98 Å². The van der Waals surface area contributed by atoms with Gasteiger partial charge in [0.1, 0.15) is 0 Å². The summed E-state index contributed by atoms with van der Waals surface area (Å²) in [7, 11) is 0. The molecule has 1 aromatic rings. The van der Waals surface area contributed by atoms with Gasteiger partial charge in [0.05, 0.1) is 6.54 Å². The van der Waals surface area contributed by atoms with E-state index in [1.165, 1.54) is 6.42 Å². The van der Waals surface area contributed by atoms with Gasteiger partial charge < -0.3 is 9.84 Å². The minimum absolute atomic E-state index is 0.0519. The van der Waals surface area contributed by atoms with Crippen LogP contribution in [0.4, 0.5) is 0 Å². The fourth-order valence-electron chi connectivity index (χ4n) is 2.78. The van der Waals surface area contributed by atoms with E-state index in [-0.39, 0.29) is 11.8 Å². The maximum absolute atomic E-state index is 11.7. The van der Waals surface area contributed by atoms with E-state index in [2.05, 4.69) is 27.3 Å². The smallest absolute Gasteiger partial charge is 0.226 e. The van der Waals surface area contributed by atoms with Crippen molar-refractivity contribution in [1.29, 1.82) is 0 Å².